The van der Waals surface area contributed by atoms with Gasteiger partial charge in [0, 0.05) is 45.0 Å². The molecule has 0 saturated heterocycles. The fraction of sp³-hybridized carbons (Fsp3) is 0.381. The van der Waals surface area contributed by atoms with Gasteiger partial charge in [0.15, 0.2) is 0 Å². The fourth-order valence-corrected chi connectivity index (χ4v) is 2.95. The monoisotopic (exact) mass is 384 g/mol. The van der Waals surface area contributed by atoms with Crippen molar-refractivity contribution in [1.82, 2.24) is 10.2 Å². The molecule has 7 nitrogen and oxygen atoms in total. The van der Waals surface area contributed by atoms with E-state index in [1.54, 1.807) is 25.1 Å². The highest BCUT2D eigenvalue weighted by Gasteiger charge is 2.17. The first-order valence-corrected chi connectivity index (χ1v) is 9.39. The van der Waals surface area contributed by atoms with Crippen LogP contribution in [0.2, 0.25) is 0 Å². The van der Waals surface area contributed by atoms with Crippen LogP contribution in [-0.4, -0.2) is 42.9 Å². The molecule has 0 spiro atoms. The summed E-state index contributed by atoms with van der Waals surface area (Å²) in [6, 6.07) is 12.4. The van der Waals surface area contributed by atoms with Gasteiger partial charge in [0.05, 0.1) is 10.5 Å². The summed E-state index contributed by atoms with van der Waals surface area (Å²) in [6.45, 7) is 7.56. The third-order valence-electron chi connectivity index (χ3n) is 4.69. The van der Waals surface area contributed by atoms with Crippen LogP contribution in [0.3, 0.4) is 0 Å². The Balaban J connectivity index is 2.07. The average Bonchev–Trinajstić information content (AvgIpc) is 2.70. The number of hydrogen-bond donors (Lipinski definition) is 1. The predicted octanol–water partition coefficient (Wildman–Crippen LogP) is 3.43. The van der Waals surface area contributed by atoms with Crippen LogP contribution in [0.5, 0.6) is 0 Å². The van der Waals surface area contributed by atoms with Crippen LogP contribution in [0.15, 0.2) is 42.5 Å². The van der Waals surface area contributed by atoms with E-state index >= 15 is 0 Å². The molecule has 0 saturated carbocycles. The molecule has 0 aliphatic rings. The Morgan fingerprint density at radius 3 is 2.18 bits per heavy atom. The van der Waals surface area contributed by atoms with E-state index in [-0.39, 0.29) is 17.2 Å². The first kappa shape index (κ1) is 21.4. The van der Waals surface area contributed by atoms with E-state index in [0.717, 1.165) is 25.2 Å². The van der Waals surface area contributed by atoms with Gasteiger partial charge in [-0.1, -0.05) is 38.1 Å². The topological polar surface area (TPSA) is 78.7 Å². The van der Waals surface area contributed by atoms with E-state index in [9.17, 15) is 14.9 Å². The summed E-state index contributed by atoms with van der Waals surface area (Å²) in [4.78, 5) is 27.3. The van der Waals surface area contributed by atoms with Crippen molar-refractivity contribution in [1.29, 1.82) is 0 Å². The third kappa shape index (κ3) is 5.53. The largest absolute Gasteiger partial charge is 0.377 e. The SMILES string of the molecule is CCN(CC)Cc1ccc(CNC(=O)c2cc([N+](=O)[O-])ccc2N(C)C)cc1. The van der Waals surface area contributed by atoms with Gasteiger partial charge in [-0.05, 0) is 30.3 Å². The molecule has 0 unspecified atom stereocenters. The Bertz CT molecular complexity index is 815. The van der Waals surface area contributed by atoms with Crippen molar-refractivity contribution in [2.24, 2.45) is 0 Å². The minimum atomic E-state index is -0.495. The van der Waals surface area contributed by atoms with Gasteiger partial charge in [-0.25, -0.2) is 0 Å². The van der Waals surface area contributed by atoms with Crippen molar-refractivity contribution < 1.29 is 9.72 Å². The Morgan fingerprint density at radius 1 is 1.04 bits per heavy atom. The predicted molar refractivity (Wildman–Crippen MR) is 112 cm³/mol. The Kier molecular flexibility index (Phi) is 7.52. The summed E-state index contributed by atoms with van der Waals surface area (Å²) in [5.41, 5.74) is 3.03. The second kappa shape index (κ2) is 9.85. The molecule has 2 aromatic carbocycles. The lowest BCUT2D eigenvalue weighted by Gasteiger charge is -2.18. The molecule has 0 aliphatic heterocycles. The van der Waals surface area contributed by atoms with Crippen LogP contribution < -0.4 is 10.2 Å². The van der Waals surface area contributed by atoms with Gasteiger partial charge in [-0.15, -0.1) is 0 Å². The maximum absolute atomic E-state index is 12.6. The molecule has 0 radical (unpaired) electrons. The number of nitrogens with one attached hydrogen (secondary N) is 1. The maximum atomic E-state index is 12.6. The quantitative estimate of drug-likeness (QED) is 0.529. The van der Waals surface area contributed by atoms with E-state index in [1.807, 2.05) is 12.1 Å². The number of nitro groups is 1. The minimum absolute atomic E-state index is 0.100. The van der Waals surface area contributed by atoms with Crippen molar-refractivity contribution >= 4 is 17.3 Å². The Hall–Kier alpha value is -2.93. The number of non-ortho nitro benzene ring substituents is 1. The zero-order valence-electron chi connectivity index (χ0n) is 16.9. The van der Waals surface area contributed by atoms with E-state index in [1.165, 1.54) is 17.7 Å². The van der Waals surface area contributed by atoms with Crippen LogP contribution >= 0.6 is 0 Å². The Labute approximate surface area is 166 Å². The third-order valence-corrected chi connectivity index (χ3v) is 4.69. The number of carbonyl (C=O) groups excluding carboxylic acids is 1. The molecule has 7 heteroatoms. The molecule has 28 heavy (non-hydrogen) atoms. The van der Waals surface area contributed by atoms with Gasteiger partial charge in [0.1, 0.15) is 0 Å². The second-order valence-corrected chi connectivity index (χ2v) is 6.81. The lowest BCUT2D eigenvalue weighted by Crippen LogP contribution is -2.25. The maximum Gasteiger partial charge on any atom is 0.270 e. The van der Waals surface area contributed by atoms with Gasteiger partial charge in [0.25, 0.3) is 11.6 Å². The zero-order valence-corrected chi connectivity index (χ0v) is 16.9. The first-order valence-electron chi connectivity index (χ1n) is 9.39. The highest BCUT2D eigenvalue weighted by molar-refractivity contribution is 6.00. The molecule has 0 aromatic heterocycles. The molecule has 2 rings (SSSR count). The average molecular weight is 384 g/mol. The number of carbonyl (C=O) groups is 1. The normalized spacial score (nSPS) is 10.8. The molecule has 2 aromatic rings. The van der Waals surface area contributed by atoms with Crippen LogP contribution in [0.4, 0.5) is 11.4 Å². The first-order chi connectivity index (χ1) is 13.3. The van der Waals surface area contributed by atoms with Gasteiger partial charge in [-0.3, -0.25) is 19.8 Å². The molecule has 0 bridgehead atoms. The zero-order chi connectivity index (χ0) is 20.7. The van der Waals surface area contributed by atoms with Gasteiger partial charge < -0.3 is 10.2 Å². The van der Waals surface area contributed by atoms with Crippen LogP contribution in [0.25, 0.3) is 0 Å². The number of hydrogen-bond acceptors (Lipinski definition) is 5. The van der Waals surface area contributed by atoms with E-state index in [2.05, 4.69) is 36.2 Å². The number of anilines is 1. The van der Waals surface area contributed by atoms with Crippen molar-refractivity contribution in [3.05, 3.63) is 69.3 Å². The summed E-state index contributed by atoms with van der Waals surface area (Å²) in [7, 11) is 3.60. The summed E-state index contributed by atoms with van der Waals surface area (Å²) in [5, 5.41) is 13.9. The molecular weight excluding hydrogens is 356 g/mol. The highest BCUT2D eigenvalue weighted by atomic mass is 16.6. The standard InChI is InChI=1S/C21H28N4O3/c1-5-24(6-2)15-17-9-7-16(8-10-17)14-22-21(26)19-13-18(25(27)28)11-12-20(19)23(3)4/h7-13H,5-6,14-15H2,1-4H3,(H,22,26). The molecule has 1 amide bonds. The molecule has 0 aliphatic carbocycles. The molecule has 150 valence electrons. The summed E-state index contributed by atoms with van der Waals surface area (Å²) >= 11 is 0. The van der Waals surface area contributed by atoms with Crippen molar-refractivity contribution in [3.63, 3.8) is 0 Å². The number of benzene rings is 2. The van der Waals surface area contributed by atoms with E-state index in [4.69, 9.17) is 0 Å². The number of nitro benzene ring substituents is 1. The van der Waals surface area contributed by atoms with E-state index < -0.39 is 4.92 Å². The van der Waals surface area contributed by atoms with E-state index in [0.29, 0.717) is 12.2 Å². The van der Waals surface area contributed by atoms with Gasteiger partial charge >= 0.3 is 0 Å². The van der Waals surface area contributed by atoms with Crippen LogP contribution in [0, 0.1) is 10.1 Å². The number of rotatable bonds is 9. The molecular formula is C21H28N4O3. The van der Waals surface area contributed by atoms with Gasteiger partial charge in [-0.2, -0.15) is 0 Å². The number of amides is 1. The molecule has 1 N–H and O–H groups in total. The van der Waals surface area contributed by atoms with Gasteiger partial charge in [0.2, 0.25) is 0 Å². The van der Waals surface area contributed by atoms with Crippen molar-refractivity contribution in [2.45, 2.75) is 26.9 Å². The summed E-state index contributed by atoms with van der Waals surface area (Å²) < 4.78 is 0. The fourth-order valence-electron chi connectivity index (χ4n) is 2.95. The summed E-state index contributed by atoms with van der Waals surface area (Å²) in [5.74, 6) is -0.334. The van der Waals surface area contributed by atoms with Crippen LogP contribution in [0.1, 0.15) is 35.3 Å². The second-order valence-electron chi connectivity index (χ2n) is 6.81. The summed E-state index contributed by atoms with van der Waals surface area (Å²) in [6.07, 6.45) is 0. The van der Waals surface area contributed by atoms with Crippen LogP contribution in [-0.2, 0) is 13.1 Å². The van der Waals surface area contributed by atoms with Crippen molar-refractivity contribution in [3.8, 4) is 0 Å². The Morgan fingerprint density at radius 2 is 1.64 bits per heavy atom. The lowest BCUT2D eigenvalue weighted by atomic mass is 10.1. The van der Waals surface area contributed by atoms with Crippen molar-refractivity contribution in [2.75, 3.05) is 32.1 Å². The minimum Gasteiger partial charge on any atom is -0.377 e. The highest BCUT2D eigenvalue weighted by Crippen LogP contribution is 2.24. The molecule has 0 atom stereocenters. The molecule has 0 heterocycles. The lowest BCUT2D eigenvalue weighted by molar-refractivity contribution is -0.384. The smallest absolute Gasteiger partial charge is 0.270 e. The number of nitrogens with zero attached hydrogens (tertiary/aromatic N) is 3. The molecule has 0 fully saturated rings.